The highest BCUT2D eigenvalue weighted by molar-refractivity contribution is 5.76. The second-order valence-corrected chi connectivity index (χ2v) is 5.19. The van der Waals surface area contributed by atoms with Crippen molar-refractivity contribution in [1.29, 1.82) is 5.26 Å². The number of aliphatic carboxylic acids is 1. The Kier molecular flexibility index (Phi) is 3.70. The highest BCUT2D eigenvalue weighted by Gasteiger charge is 2.43. The van der Waals surface area contributed by atoms with Crippen molar-refractivity contribution in [2.75, 3.05) is 5.32 Å². The molecule has 1 aromatic heterocycles. The van der Waals surface area contributed by atoms with Crippen LogP contribution in [0.25, 0.3) is 0 Å². The van der Waals surface area contributed by atoms with Gasteiger partial charge in [0.2, 0.25) is 0 Å². The first kappa shape index (κ1) is 13.3. The summed E-state index contributed by atoms with van der Waals surface area (Å²) < 4.78 is 0. The lowest BCUT2D eigenvalue weighted by molar-refractivity contribution is -0.150. The molecule has 0 aromatic carbocycles. The van der Waals surface area contributed by atoms with Gasteiger partial charge in [0.1, 0.15) is 17.6 Å². The summed E-state index contributed by atoms with van der Waals surface area (Å²) in [6, 6.07) is 6.96. The van der Waals surface area contributed by atoms with Gasteiger partial charge in [-0.05, 0) is 31.9 Å². The Hall–Kier alpha value is -2.09. The van der Waals surface area contributed by atoms with Crippen LogP contribution < -0.4 is 5.32 Å². The molecule has 0 radical (unpaired) electrons. The maximum absolute atomic E-state index is 11.5. The lowest BCUT2D eigenvalue weighted by Crippen LogP contribution is -2.46. The van der Waals surface area contributed by atoms with E-state index in [-0.39, 0.29) is 6.04 Å². The van der Waals surface area contributed by atoms with Gasteiger partial charge in [0, 0.05) is 6.04 Å². The molecular weight excluding hydrogens is 242 g/mol. The van der Waals surface area contributed by atoms with Gasteiger partial charge in [-0.1, -0.05) is 18.9 Å². The van der Waals surface area contributed by atoms with Crippen molar-refractivity contribution < 1.29 is 9.90 Å². The highest BCUT2D eigenvalue weighted by Crippen LogP contribution is 2.37. The molecule has 5 nitrogen and oxygen atoms in total. The van der Waals surface area contributed by atoms with Crippen LogP contribution >= 0.6 is 0 Å². The summed E-state index contributed by atoms with van der Waals surface area (Å²) in [6.07, 6.45) is 3.42. The van der Waals surface area contributed by atoms with Crippen LogP contribution in [0, 0.1) is 16.7 Å². The Balaban J connectivity index is 2.20. The number of carbonyl (C=O) groups is 1. The van der Waals surface area contributed by atoms with Crippen molar-refractivity contribution in [3.63, 3.8) is 0 Å². The number of nitriles is 1. The third kappa shape index (κ3) is 2.68. The monoisotopic (exact) mass is 259 g/mol. The van der Waals surface area contributed by atoms with E-state index < -0.39 is 11.4 Å². The van der Waals surface area contributed by atoms with E-state index in [1.807, 2.05) is 6.07 Å². The van der Waals surface area contributed by atoms with Crippen LogP contribution in [0.15, 0.2) is 18.2 Å². The van der Waals surface area contributed by atoms with E-state index >= 15 is 0 Å². The van der Waals surface area contributed by atoms with E-state index in [1.165, 1.54) is 0 Å². The normalized spacial score (nSPS) is 26.4. The third-order valence-electron chi connectivity index (χ3n) is 3.88. The summed E-state index contributed by atoms with van der Waals surface area (Å²) in [6.45, 7) is 1.78. The third-order valence-corrected chi connectivity index (χ3v) is 3.88. The SMILES string of the molecule is CC1(C(=O)O)CCCCC1Nc1cccc(C#N)n1. The molecule has 2 unspecified atom stereocenters. The smallest absolute Gasteiger partial charge is 0.311 e. The van der Waals surface area contributed by atoms with Crippen molar-refractivity contribution in [2.24, 2.45) is 5.41 Å². The van der Waals surface area contributed by atoms with Gasteiger partial charge < -0.3 is 10.4 Å². The molecule has 5 heteroatoms. The molecule has 0 spiro atoms. The summed E-state index contributed by atoms with van der Waals surface area (Å²) in [5, 5.41) is 21.4. The Labute approximate surface area is 112 Å². The van der Waals surface area contributed by atoms with E-state index in [1.54, 1.807) is 25.1 Å². The van der Waals surface area contributed by atoms with E-state index in [0.29, 0.717) is 17.9 Å². The van der Waals surface area contributed by atoms with Crippen LogP contribution in [0.2, 0.25) is 0 Å². The predicted octanol–water partition coefficient (Wildman–Crippen LogP) is 2.40. The fourth-order valence-electron chi connectivity index (χ4n) is 2.58. The van der Waals surface area contributed by atoms with Crippen LogP contribution in [0.3, 0.4) is 0 Å². The number of pyridine rings is 1. The van der Waals surface area contributed by atoms with E-state index in [0.717, 1.165) is 19.3 Å². The zero-order chi connectivity index (χ0) is 13.9. The van der Waals surface area contributed by atoms with Gasteiger partial charge in [0.25, 0.3) is 0 Å². The van der Waals surface area contributed by atoms with Crippen molar-refractivity contribution >= 4 is 11.8 Å². The van der Waals surface area contributed by atoms with E-state index in [4.69, 9.17) is 5.26 Å². The Morgan fingerprint density at radius 1 is 1.58 bits per heavy atom. The summed E-state index contributed by atoms with van der Waals surface area (Å²) >= 11 is 0. The molecule has 0 saturated heterocycles. The number of carboxylic acid groups (broad SMARTS) is 1. The molecule has 1 aliphatic rings. The summed E-state index contributed by atoms with van der Waals surface area (Å²) in [7, 11) is 0. The number of nitrogens with zero attached hydrogens (tertiary/aromatic N) is 2. The Bertz CT molecular complexity index is 524. The topological polar surface area (TPSA) is 86.0 Å². The minimum Gasteiger partial charge on any atom is -0.481 e. The van der Waals surface area contributed by atoms with Crippen molar-refractivity contribution in [3.05, 3.63) is 23.9 Å². The van der Waals surface area contributed by atoms with Crippen molar-refractivity contribution in [3.8, 4) is 6.07 Å². The molecule has 100 valence electrons. The highest BCUT2D eigenvalue weighted by atomic mass is 16.4. The van der Waals surface area contributed by atoms with Gasteiger partial charge in [-0.15, -0.1) is 0 Å². The number of rotatable bonds is 3. The quantitative estimate of drug-likeness (QED) is 0.870. The maximum atomic E-state index is 11.5. The summed E-state index contributed by atoms with van der Waals surface area (Å²) in [5.74, 6) is -0.209. The zero-order valence-electron chi connectivity index (χ0n) is 10.9. The lowest BCUT2D eigenvalue weighted by Gasteiger charge is -2.38. The van der Waals surface area contributed by atoms with Crippen LogP contribution in [-0.2, 0) is 4.79 Å². The van der Waals surface area contributed by atoms with Crippen LogP contribution in [0.5, 0.6) is 0 Å². The van der Waals surface area contributed by atoms with Gasteiger partial charge in [-0.2, -0.15) is 5.26 Å². The number of carboxylic acids is 1. The second-order valence-electron chi connectivity index (χ2n) is 5.19. The molecule has 0 aliphatic heterocycles. The van der Waals surface area contributed by atoms with Gasteiger partial charge in [0.15, 0.2) is 0 Å². The molecule has 1 heterocycles. The number of nitrogens with one attached hydrogen (secondary N) is 1. The minimum atomic E-state index is -0.777. The number of hydrogen-bond acceptors (Lipinski definition) is 4. The predicted molar refractivity (Wildman–Crippen MR) is 70.6 cm³/mol. The molecule has 2 atom stereocenters. The lowest BCUT2D eigenvalue weighted by atomic mass is 9.71. The minimum absolute atomic E-state index is 0.153. The fraction of sp³-hybridized carbons (Fsp3) is 0.500. The molecule has 1 saturated carbocycles. The summed E-state index contributed by atoms with van der Waals surface area (Å²) in [4.78, 5) is 15.6. The molecule has 1 aromatic rings. The van der Waals surface area contributed by atoms with Crippen LogP contribution in [0.1, 0.15) is 38.3 Å². The van der Waals surface area contributed by atoms with Gasteiger partial charge >= 0.3 is 5.97 Å². The van der Waals surface area contributed by atoms with Gasteiger partial charge in [-0.3, -0.25) is 4.79 Å². The Morgan fingerprint density at radius 2 is 2.37 bits per heavy atom. The fourth-order valence-corrected chi connectivity index (χ4v) is 2.58. The number of hydrogen-bond donors (Lipinski definition) is 2. The molecule has 0 amide bonds. The molecule has 1 aliphatic carbocycles. The molecule has 19 heavy (non-hydrogen) atoms. The van der Waals surface area contributed by atoms with Crippen molar-refractivity contribution in [1.82, 2.24) is 4.98 Å². The standard InChI is InChI=1S/C14H17N3O2/c1-14(13(18)19)8-3-2-6-11(14)17-12-7-4-5-10(9-15)16-12/h4-5,7,11H,2-3,6,8H2,1H3,(H,16,17)(H,18,19). The van der Waals surface area contributed by atoms with Crippen molar-refractivity contribution in [2.45, 2.75) is 38.6 Å². The van der Waals surface area contributed by atoms with Gasteiger partial charge in [0.05, 0.1) is 5.41 Å². The first-order valence-electron chi connectivity index (χ1n) is 6.43. The number of aromatic nitrogens is 1. The average Bonchev–Trinajstić information content (AvgIpc) is 2.41. The molecule has 2 rings (SSSR count). The maximum Gasteiger partial charge on any atom is 0.311 e. The van der Waals surface area contributed by atoms with E-state index in [2.05, 4.69) is 10.3 Å². The molecule has 2 N–H and O–H groups in total. The first-order chi connectivity index (χ1) is 9.06. The van der Waals surface area contributed by atoms with Crippen LogP contribution in [-0.4, -0.2) is 22.1 Å². The summed E-state index contributed by atoms with van der Waals surface area (Å²) in [5.41, 5.74) is -0.444. The molecule has 1 fully saturated rings. The largest absolute Gasteiger partial charge is 0.481 e. The van der Waals surface area contributed by atoms with Crippen LogP contribution in [0.4, 0.5) is 5.82 Å². The van der Waals surface area contributed by atoms with E-state index in [9.17, 15) is 9.90 Å². The second kappa shape index (κ2) is 5.27. The Morgan fingerprint density at radius 3 is 3.05 bits per heavy atom. The molecular formula is C14H17N3O2. The molecule has 0 bridgehead atoms. The zero-order valence-corrected chi connectivity index (χ0v) is 10.9. The van der Waals surface area contributed by atoms with Gasteiger partial charge in [-0.25, -0.2) is 4.98 Å². The average molecular weight is 259 g/mol. The number of anilines is 1. The first-order valence-corrected chi connectivity index (χ1v) is 6.43.